The van der Waals surface area contributed by atoms with Crippen molar-refractivity contribution in [1.82, 2.24) is 9.03 Å². The van der Waals surface area contributed by atoms with Gasteiger partial charge in [0.25, 0.3) is 10.2 Å². The van der Waals surface area contributed by atoms with Gasteiger partial charge in [-0.05, 0) is 12.8 Å². The number of carboxylic acids is 1. The summed E-state index contributed by atoms with van der Waals surface area (Å²) in [6.07, 6.45) is 4.63. The molecule has 0 aromatic heterocycles. The molecule has 3 N–H and O–H groups in total. The van der Waals surface area contributed by atoms with Gasteiger partial charge in [-0.1, -0.05) is 19.3 Å². The van der Waals surface area contributed by atoms with Crippen molar-refractivity contribution in [3.05, 3.63) is 0 Å². The predicted molar refractivity (Wildman–Crippen MR) is 65.2 cm³/mol. The minimum atomic E-state index is -3.87. The van der Waals surface area contributed by atoms with Crippen LogP contribution in [0.1, 0.15) is 32.1 Å². The van der Waals surface area contributed by atoms with Crippen molar-refractivity contribution in [2.24, 2.45) is 0 Å². The topological polar surface area (TPSA) is 107 Å². The van der Waals surface area contributed by atoms with E-state index < -0.39 is 28.8 Å². The maximum Gasteiger partial charge on any atom is 0.324 e. The van der Waals surface area contributed by atoms with Crippen molar-refractivity contribution in [2.75, 3.05) is 13.7 Å². The highest BCUT2D eigenvalue weighted by Gasteiger charge is 2.31. The van der Waals surface area contributed by atoms with E-state index in [1.807, 2.05) is 4.72 Å². The standard InChI is InChI=1S/C10H20N2O5S/c1-12(8-5-3-2-4-6-8)18(16,17)11-9(7-13)10(14)15/h8-9,11,13H,2-7H2,1H3,(H,14,15). The van der Waals surface area contributed by atoms with Crippen LogP contribution in [0.5, 0.6) is 0 Å². The van der Waals surface area contributed by atoms with E-state index >= 15 is 0 Å². The van der Waals surface area contributed by atoms with E-state index in [1.54, 1.807) is 0 Å². The first-order valence-corrected chi connectivity index (χ1v) is 7.41. The Labute approximate surface area is 107 Å². The SMILES string of the molecule is CN(C1CCCCC1)S(=O)(=O)NC(CO)C(=O)O. The van der Waals surface area contributed by atoms with Gasteiger partial charge in [-0.2, -0.15) is 17.4 Å². The van der Waals surface area contributed by atoms with Crippen LogP contribution in [0.2, 0.25) is 0 Å². The Balaban J connectivity index is 2.69. The van der Waals surface area contributed by atoms with Crippen LogP contribution in [0.25, 0.3) is 0 Å². The van der Waals surface area contributed by atoms with Crippen molar-refractivity contribution < 1.29 is 23.4 Å². The van der Waals surface area contributed by atoms with Crippen LogP contribution in [-0.2, 0) is 15.0 Å². The Morgan fingerprint density at radius 1 is 1.39 bits per heavy atom. The molecule has 0 aliphatic heterocycles. The maximum absolute atomic E-state index is 11.9. The molecule has 0 radical (unpaired) electrons. The molecule has 1 aliphatic rings. The number of hydrogen-bond donors (Lipinski definition) is 3. The molecule has 0 amide bonds. The first-order valence-electron chi connectivity index (χ1n) is 5.97. The van der Waals surface area contributed by atoms with Gasteiger partial charge in [0.05, 0.1) is 6.61 Å². The van der Waals surface area contributed by atoms with E-state index in [0.717, 1.165) is 32.1 Å². The summed E-state index contributed by atoms with van der Waals surface area (Å²) >= 11 is 0. The summed E-state index contributed by atoms with van der Waals surface area (Å²) in [5.41, 5.74) is 0. The van der Waals surface area contributed by atoms with Gasteiger partial charge in [-0.25, -0.2) is 0 Å². The second-order valence-corrected chi connectivity index (χ2v) is 6.27. The lowest BCUT2D eigenvalue weighted by Crippen LogP contribution is -2.51. The summed E-state index contributed by atoms with van der Waals surface area (Å²) in [6.45, 7) is -0.771. The highest BCUT2D eigenvalue weighted by atomic mass is 32.2. The minimum Gasteiger partial charge on any atom is -0.480 e. The van der Waals surface area contributed by atoms with Gasteiger partial charge in [0.2, 0.25) is 0 Å². The van der Waals surface area contributed by atoms with E-state index in [1.165, 1.54) is 11.4 Å². The molecule has 8 heteroatoms. The van der Waals surface area contributed by atoms with Gasteiger partial charge < -0.3 is 10.2 Å². The molecule has 1 atom stereocenters. The number of aliphatic carboxylic acids is 1. The molecule has 7 nitrogen and oxygen atoms in total. The molecule has 1 fully saturated rings. The highest BCUT2D eigenvalue weighted by molar-refractivity contribution is 7.87. The fourth-order valence-electron chi connectivity index (χ4n) is 2.07. The Bertz CT molecular complexity index is 378. The van der Waals surface area contributed by atoms with E-state index in [4.69, 9.17) is 10.2 Å². The third kappa shape index (κ3) is 3.91. The molecule has 106 valence electrons. The number of hydrogen-bond acceptors (Lipinski definition) is 4. The van der Waals surface area contributed by atoms with Crippen molar-refractivity contribution in [2.45, 2.75) is 44.2 Å². The second-order valence-electron chi connectivity index (χ2n) is 4.50. The lowest BCUT2D eigenvalue weighted by Gasteiger charge is -2.31. The van der Waals surface area contributed by atoms with Gasteiger partial charge >= 0.3 is 5.97 Å². The number of aliphatic hydroxyl groups is 1. The Kier molecular flexibility index (Phi) is 5.51. The summed E-state index contributed by atoms with van der Waals surface area (Å²) < 4.78 is 27.1. The number of nitrogens with one attached hydrogen (secondary N) is 1. The average Bonchev–Trinajstić information content (AvgIpc) is 2.35. The van der Waals surface area contributed by atoms with Crippen LogP contribution in [0.15, 0.2) is 0 Å². The number of nitrogens with zero attached hydrogens (tertiary/aromatic N) is 1. The number of carbonyl (C=O) groups is 1. The lowest BCUT2D eigenvalue weighted by atomic mass is 9.96. The molecule has 0 heterocycles. The number of aliphatic hydroxyl groups excluding tert-OH is 1. The van der Waals surface area contributed by atoms with Crippen LogP contribution in [0, 0.1) is 0 Å². The molecule has 1 unspecified atom stereocenters. The molecule has 0 aromatic carbocycles. The van der Waals surface area contributed by atoms with Crippen molar-refractivity contribution in [3.8, 4) is 0 Å². The first-order chi connectivity index (χ1) is 8.38. The van der Waals surface area contributed by atoms with Gasteiger partial charge in [0.15, 0.2) is 0 Å². The summed E-state index contributed by atoms with van der Waals surface area (Å²) in [5, 5.41) is 17.5. The predicted octanol–water partition coefficient (Wildman–Crippen LogP) is -0.469. The molecule has 1 aliphatic carbocycles. The van der Waals surface area contributed by atoms with Crippen LogP contribution in [0.3, 0.4) is 0 Å². The zero-order valence-electron chi connectivity index (χ0n) is 10.4. The molecule has 0 bridgehead atoms. The average molecular weight is 280 g/mol. The van der Waals surface area contributed by atoms with Crippen molar-refractivity contribution in [1.29, 1.82) is 0 Å². The quantitative estimate of drug-likeness (QED) is 0.610. The van der Waals surface area contributed by atoms with E-state index in [-0.39, 0.29) is 6.04 Å². The third-order valence-corrected chi connectivity index (χ3v) is 4.88. The molecule has 0 saturated heterocycles. The van der Waals surface area contributed by atoms with Crippen molar-refractivity contribution in [3.63, 3.8) is 0 Å². The second kappa shape index (κ2) is 6.46. The zero-order valence-corrected chi connectivity index (χ0v) is 11.2. The monoisotopic (exact) mass is 280 g/mol. The maximum atomic E-state index is 11.9. The fraction of sp³-hybridized carbons (Fsp3) is 0.900. The molecular formula is C10H20N2O5S. The van der Waals surface area contributed by atoms with Crippen LogP contribution < -0.4 is 4.72 Å². The van der Waals surface area contributed by atoms with E-state index in [9.17, 15) is 13.2 Å². The number of carboxylic acid groups (broad SMARTS) is 1. The van der Waals surface area contributed by atoms with Gasteiger partial charge in [0.1, 0.15) is 6.04 Å². The minimum absolute atomic E-state index is 0.0932. The van der Waals surface area contributed by atoms with Gasteiger partial charge in [-0.15, -0.1) is 0 Å². The van der Waals surface area contributed by atoms with Gasteiger partial charge in [0, 0.05) is 13.1 Å². The number of rotatable bonds is 6. The Morgan fingerprint density at radius 2 is 1.94 bits per heavy atom. The van der Waals surface area contributed by atoms with Crippen molar-refractivity contribution >= 4 is 16.2 Å². The lowest BCUT2D eigenvalue weighted by molar-refractivity contribution is -0.139. The molecule has 0 spiro atoms. The fourth-order valence-corrected chi connectivity index (χ4v) is 3.37. The highest BCUT2D eigenvalue weighted by Crippen LogP contribution is 2.23. The summed E-state index contributed by atoms with van der Waals surface area (Å²) in [5.74, 6) is -1.39. The van der Waals surface area contributed by atoms with Crippen LogP contribution in [0.4, 0.5) is 0 Å². The Morgan fingerprint density at radius 3 is 2.39 bits per heavy atom. The molecule has 18 heavy (non-hydrogen) atoms. The molecular weight excluding hydrogens is 260 g/mol. The largest absolute Gasteiger partial charge is 0.480 e. The normalized spacial score (nSPS) is 19.9. The van der Waals surface area contributed by atoms with Crippen LogP contribution in [-0.4, -0.2) is 54.6 Å². The smallest absolute Gasteiger partial charge is 0.324 e. The third-order valence-electron chi connectivity index (χ3n) is 3.24. The van der Waals surface area contributed by atoms with E-state index in [0.29, 0.717) is 0 Å². The molecule has 1 saturated carbocycles. The van der Waals surface area contributed by atoms with Gasteiger partial charge in [-0.3, -0.25) is 4.79 Å². The zero-order chi connectivity index (χ0) is 13.8. The summed E-state index contributed by atoms with van der Waals surface area (Å²) in [7, 11) is -2.43. The summed E-state index contributed by atoms with van der Waals surface area (Å²) in [6, 6.07) is -1.59. The Hall–Kier alpha value is -0.700. The summed E-state index contributed by atoms with van der Waals surface area (Å²) in [4.78, 5) is 10.7. The first kappa shape index (κ1) is 15.4. The molecule has 0 aromatic rings. The van der Waals surface area contributed by atoms with Crippen LogP contribution >= 0.6 is 0 Å². The van der Waals surface area contributed by atoms with E-state index in [2.05, 4.69) is 0 Å². The molecule has 1 rings (SSSR count).